The van der Waals surface area contributed by atoms with Gasteiger partial charge in [0, 0.05) is 12.0 Å². The molecule has 1 saturated heterocycles. The van der Waals surface area contributed by atoms with Gasteiger partial charge in [0.25, 0.3) is 0 Å². The fourth-order valence-electron chi connectivity index (χ4n) is 5.40. The lowest BCUT2D eigenvalue weighted by molar-refractivity contribution is -0.157. The summed E-state index contributed by atoms with van der Waals surface area (Å²) in [5.74, 6) is -0.284. The van der Waals surface area contributed by atoms with Gasteiger partial charge in [0.15, 0.2) is 5.78 Å². The van der Waals surface area contributed by atoms with Crippen molar-refractivity contribution in [3.05, 3.63) is 102 Å². The number of ketones is 1. The van der Waals surface area contributed by atoms with Crippen LogP contribution in [0.1, 0.15) is 54.2 Å². The van der Waals surface area contributed by atoms with E-state index in [1.54, 1.807) is 0 Å². The summed E-state index contributed by atoms with van der Waals surface area (Å²) in [6.45, 7) is 5.72. The molecule has 2 aliphatic heterocycles. The quantitative estimate of drug-likeness (QED) is 0.558. The number of hydrogen-bond donors (Lipinski definition) is 1. The Balaban J connectivity index is 1.72. The molecule has 1 N–H and O–H groups in total. The number of Topliss-reactive ketones (excluding diaryl/α,β-unsaturated/α-hetero) is 1. The second-order valence-corrected chi connectivity index (χ2v) is 10.1. The lowest BCUT2D eigenvalue weighted by Crippen LogP contribution is -2.48. The third-order valence-corrected chi connectivity index (χ3v) is 6.72. The summed E-state index contributed by atoms with van der Waals surface area (Å²) in [4.78, 5) is 28.0. The number of nitrogens with one attached hydrogen (secondary N) is 1. The van der Waals surface area contributed by atoms with Gasteiger partial charge in [-0.05, 0) is 44.0 Å². The molecule has 34 heavy (non-hydrogen) atoms. The molecule has 5 nitrogen and oxygen atoms in total. The van der Waals surface area contributed by atoms with Crippen molar-refractivity contribution < 1.29 is 19.1 Å². The Morgan fingerprint density at radius 2 is 1.50 bits per heavy atom. The van der Waals surface area contributed by atoms with Crippen molar-refractivity contribution in [1.82, 2.24) is 5.32 Å². The SMILES string of the molecule is CC(C)(C)OC(=O)[C@H]1N[C@@H](c2ccccc2)[C@]2(COc3ccccc3C2=O)[C@@H]1c1ccccc1. The largest absolute Gasteiger partial charge is 0.492 e. The number of esters is 1. The zero-order chi connectivity index (χ0) is 23.9. The third-order valence-electron chi connectivity index (χ3n) is 6.72. The molecule has 1 fully saturated rings. The van der Waals surface area contributed by atoms with E-state index in [1.165, 1.54) is 0 Å². The smallest absolute Gasteiger partial charge is 0.324 e. The molecule has 0 saturated carbocycles. The molecule has 0 radical (unpaired) electrons. The number of ether oxygens (including phenoxy) is 2. The highest BCUT2D eigenvalue weighted by Crippen LogP contribution is 2.57. The minimum absolute atomic E-state index is 0.0179. The zero-order valence-electron chi connectivity index (χ0n) is 19.7. The van der Waals surface area contributed by atoms with Crippen LogP contribution in [0.4, 0.5) is 0 Å². The van der Waals surface area contributed by atoms with Gasteiger partial charge in [-0.15, -0.1) is 0 Å². The Labute approximate surface area is 200 Å². The van der Waals surface area contributed by atoms with Crippen LogP contribution >= 0.6 is 0 Å². The van der Waals surface area contributed by atoms with E-state index < -0.39 is 29.0 Å². The number of rotatable bonds is 3. The molecule has 0 bridgehead atoms. The van der Waals surface area contributed by atoms with Gasteiger partial charge in [-0.3, -0.25) is 14.9 Å². The van der Waals surface area contributed by atoms with Crippen molar-refractivity contribution in [1.29, 1.82) is 0 Å². The van der Waals surface area contributed by atoms with E-state index in [2.05, 4.69) is 5.32 Å². The number of fused-ring (bicyclic) bond motifs is 1. The van der Waals surface area contributed by atoms with Gasteiger partial charge in [0.1, 0.15) is 24.0 Å². The van der Waals surface area contributed by atoms with Crippen LogP contribution in [0.2, 0.25) is 0 Å². The Kier molecular flexibility index (Phi) is 5.53. The lowest BCUT2D eigenvalue weighted by Gasteiger charge is -2.42. The molecule has 0 aliphatic carbocycles. The van der Waals surface area contributed by atoms with Crippen LogP contribution in [-0.2, 0) is 9.53 Å². The van der Waals surface area contributed by atoms with Gasteiger partial charge in [0.2, 0.25) is 0 Å². The molecule has 3 aromatic rings. The summed E-state index contributed by atoms with van der Waals surface area (Å²) < 4.78 is 12.1. The molecule has 1 spiro atoms. The highest BCUT2D eigenvalue weighted by Gasteiger charge is 2.64. The fraction of sp³-hybridized carbons (Fsp3) is 0.310. The maximum absolute atomic E-state index is 14.4. The van der Waals surface area contributed by atoms with Crippen molar-refractivity contribution in [2.24, 2.45) is 5.41 Å². The molecule has 5 heteroatoms. The monoisotopic (exact) mass is 455 g/mol. The molecule has 0 unspecified atom stereocenters. The molecule has 0 aromatic heterocycles. The maximum Gasteiger partial charge on any atom is 0.324 e. The van der Waals surface area contributed by atoms with E-state index in [0.29, 0.717) is 11.3 Å². The summed E-state index contributed by atoms with van der Waals surface area (Å²) >= 11 is 0. The average molecular weight is 456 g/mol. The van der Waals surface area contributed by atoms with Crippen LogP contribution in [-0.4, -0.2) is 30.0 Å². The van der Waals surface area contributed by atoms with Gasteiger partial charge in [-0.2, -0.15) is 0 Å². The summed E-state index contributed by atoms with van der Waals surface area (Å²) in [6.07, 6.45) is 0. The molecule has 3 aromatic carbocycles. The first-order chi connectivity index (χ1) is 16.3. The van der Waals surface area contributed by atoms with Gasteiger partial charge < -0.3 is 9.47 Å². The van der Waals surface area contributed by atoms with Gasteiger partial charge in [-0.25, -0.2) is 0 Å². The normalized spacial score (nSPS) is 26.1. The second-order valence-electron chi connectivity index (χ2n) is 10.1. The van der Waals surface area contributed by atoms with Crippen LogP contribution in [0.5, 0.6) is 5.75 Å². The molecular formula is C29H29NO4. The second kappa shape index (κ2) is 8.41. The van der Waals surface area contributed by atoms with E-state index >= 15 is 0 Å². The Morgan fingerprint density at radius 3 is 2.15 bits per heavy atom. The van der Waals surface area contributed by atoms with E-state index in [4.69, 9.17) is 9.47 Å². The van der Waals surface area contributed by atoms with Crippen molar-refractivity contribution in [3.8, 4) is 5.75 Å². The minimum atomic E-state index is -1.03. The molecule has 2 aliphatic rings. The van der Waals surface area contributed by atoms with E-state index in [1.807, 2.05) is 106 Å². The van der Waals surface area contributed by atoms with Gasteiger partial charge in [0.05, 0.1) is 11.0 Å². The van der Waals surface area contributed by atoms with Gasteiger partial charge in [-0.1, -0.05) is 72.8 Å². The number of benzene rings is 3. The average Bonchev–Trinajstić information content (AvgIpc) is 3.18. The Hall–Kier alpha value is -3.44. The van der Waals surface area contributed by atoms with Crippen molar-refractivity contribution in [2.45, 2.75) is 44.4 Å². The molecule has 0 amide bonds. The van der Waals surface area contributed by atoms with Crippen molar-refractivity contribution in [2.75, 3.05) is 6.61 Å². The summed E-state index contributed by atoms with van der Waals surface area (Å²) in [5, 5.41) is 3.52. The van der Waals surface area contributed by atoms with E-state index in [-0.39, 0.29) is 18.4 Å². The number of hydrogen-bond acceptors (Lipinski definition) is 5. The van der Waals surface area contributed by atoms with Crippen molar-refractivity contribution >= 4 is 11.8 Å². The van der Waals surface area contributed by atoms with E-state index in [0.717, 1.165) is 11.1 Å². The number of carbonyl (C=O) groups is 2. The van der Waals surface area contributed by atoms with Crippen molar-refractivity contribution in [3.63, 3.8) is 0 Å². The fourth-order valence-corrected chi connectivity index (χ4v) is 5.40. The highest BCUT2D eigenvalue weighted by atomic mass is 16.6. The highest BCUT2D eigenvalue weighted by molar-refractivity contribution is 6.06. The van der Waals surface area contributed by atoms with Crippen LogP contribution < -0.4 is 10.1 Å². The van der Waals surface area contributed by atoms with Crippen LogP contribution in [0.25, 0.3) is 0 Å². The predicted octanol–water partition coefficient (Wildman–Crippen LogP) is 5.09. The lowest BCUT2D eigenvalue weighted by atomic mass is 9.62. The molecule has 2 heterocycles. The first-order valence-electron chi connectivity index (χ1n) is 11.7. The third kappa shape index (κ3) is 3.70. The first-order valence-corrected chi connectivity index (χ1v) is 11.7. The number of para-hydroxylation sites is 1. The standard InChI is InChI=1S/C29H29NO4/c1-28(2,3)34-27(32)24-23(19-12-6-4-7-13-19)29(25(30-24)20-14-8-5-9-15-20)18-33-22-17-11-10-16-21(22)26(29)31/h4-17,23-25,30H,18H2,1-3H3/t23-,24+,25+,29+/m1/s1. The first kappa shape index (κ1) is 22.4. The van der Waals surface area contributed by atoms with E-state index in [9.17, 15) is 9.59 Å². The van der Waals surface area contributed by atoms with Crippen LogP contribution in [0.15, 0.2) is 84.9 Å². The molecule has 5 rings (SSSR count). The molecule has 174 valence electrons. The van der Waals surface area contributed by atoms with Crippen LogP contribution in [0.3, 0.4) is 0 Å². The Bertz CT molecular complexity index is 1200. The summed E-state index contributed by atoms with van der Waals surface area (Å²) in [7, 11) is 0. The molecule has 4 atom stereocenters. The maximum atomic E-state index is 14.4. The zero-order valence-corrected chi connectivity index (χ0v) is 19.7. The number of carbonyl (C=O) groups excluding carboxylic acids is 2. The minimum Gasteiger partial charge on any atom is -0.492 e. The van der Waals surface area contributed by atoms with Crippen LogP contribution in [0, 0.1) is 5.41 Å². The molecular weight excluding hydrogens is 426 g/mol. The Morgan fingerprint density at radius 1 is 0.912 bits per heavy atom. The van der Waals surface area contributed by atoms with Gasteiger partial charge >= 0.3 is 5.97 Å². The summed E-state index contributed by atoms with van der Waals surface area (Å²) in [6, 6.07) is 25.8. The predicted molar refractivity (Wildman–Crippen MR) is 130 cm³/mol. The topological polar surface area (TPSA) is 64.6 Å². The summed E-state index contributed by atoms with van der Waals surface area (Å²) in [5.41, 5.74) is 0.699.